The van der Waals surface area contributed by atoms with E-state index < -0.39 is 0 Å². The molecule has 0 bridgehead atoms. The summed E-state index contributed by atoms with van der Waals surface area (Å²) in [4.78, 5) is 32.5. The number of aromatic amines is 1. The number of anilines is 1. The van der Waals surface area contributed by atoms with E-state index >= 15 is 0 Å². The van der Waals surface area contributed by atoms with Crippen molar-refractivity contribution in [2.24, 2.45) is 0 Å². The van der Waals surface area contributed by atoms with Gasteiger partial charge >= 0.3 is 0 Å². The summed E-state index contributed by atoms with van der Waals surface area (Å²) in [6.45, 7) is 3.94. The van der Waals surface area contributed by atoms with Gasteiger partial charge in [0.2, 0.25) is 17.6 Å². The van der Waals surface area contributed by atoms with E-state index in [4.69, 9.17) is 0 Å². The van der Waals surface area contributed by atoms with Crippen LogP contribution in [0.25, 0.3) is 27.9 Å². The number of fused-ring (bicyclic) bond motifs is 2. The first kappa shape index (κ1) is 17.6. The van der Waals surface area contributed by atoms with Crippen molar-refractivity contribution in [3.63, 3.8) is 0 Å². The molecular formula is C20H22N8O. The van der Waals surface area contributed by atoms with Gasteiger partial charge in [-0.2, -0.15) is 4.98 Å². The number of carbonyl (C=O) groups excluding carboxylic acids is 1. The van der Waals surface area contributed by atoms with Crippen LogP contribution in [0.15, 0.2) is 37.2 Å². The molecule has 3 N–H and O–H groups in total. The molecule has 1 amide bonds. The molecule has 0 atom stereocenters. The number of rotatable bonds is 5. The van der Waals surface area contributed by atoms with Gasteiger partial charge in [-0.15, -0.1) is 0 Å². The number of H-pyrrole nitrogens is 1. The third kappa shape index (κ3) is 3.18. The fourth-order valence-corrected chi connectivity index (χ4v) is 4.01. The number of nitrogens with one attached hydrogen (secondary N) is 3. The zero-order valence-electron chi connectivity index (χ0n) is 16.3. The van der Waals surface area contributed by atoms with E-state index in [0.717, 1.165) is 35.0 Å². The Kier molecular flexibility index (Phi) is 3.97. The van der Waals surface area contributed by atoms with Crippen LogP contribution in [0.2, 0.25) is 0 Å². The molecule has 0 aliphatic heterocycles. The third-order valence-electron chi connectivity index (χ3n) is 5.48. The molecule has 1 aliphatic rings. The van der Waals surface area contributed by atoms with E-state index in [1.807, 2.05) is 36.1 Å². The van der Waals surface area contributed by atoms with E-state index in [-0.39, 0.29) is 17.5 Å². The second-order valence-corrected chi connectivity index (χ2v) is 7.85. The second-order valence-electron chi connectivity index (χ2n) is 7.85. The van der Waals surface area contributed by atoms with Crippen molar-refractivity contribution in [3.8, 4) is 11.1 Å². The van der Waals surface area contributed by atoms with E-state index in [1.54, 1.807) is 12.4 Å². The fourth-order valence-electron chi connectivity index (χ4n) is 4.01. The molecule has 1 aliphatic carbocycles. The number of aromatic nitrogens is 6. The molecule has 0 unspecified atom stereocenters. The number of carbonyl (C=O) groups is 1. The van der Waals surface area contributed by atoms with Crippen molar-refractivity contribution in [1.29, 1.82) is 0 Å². The molecule has 29 heavy (non-hydrogen) atoms. The SMILES string of the molecule is CCC(=O)NC1(C)CC(Nc2ncc3c(-c4cnc5nccn5c4)c[nH]c3n2)C1. The highest BCUT2D eigenvalue weighted by molar-refractivity contribution is 5.93. The lowest BCUT2D eigenvalue weighted by atomic mass is 9.74. The van der Waals surface area contributed by atoms with Crippen LogP contribution >= 0.6 is 0 Å². The molecule has 0 spiro atoms. The summed E-state index contributed by atoms with van der Waals surface area (Å²) < 4.78 is 1.88. The Balaban J connectivity index is 1.33. The van der Waals surface area contributed by atoms with Gasteiger partial charge in [0.1, 0.15) is 5.65 Å². The maximum atomic E-state index is 11.6. The standard InChI is InChI=1S/C20H22N8O/c1-3-16(29)27-20(2)6-13(7-20)25-18-23-10-15-14(9-22-17(15)26-18)12-8-24-19-21-4-5-28(19)11-12/h4-5,8-11,13H,3,6-7H2,1-2H3,(H,27,29)(H2,22,23,25,26). The van der Waals surface area contributed by atoms with E-state index in [0.29, 0.717) is 18.1 Å². The van der Waals surface area contributed by atoms with E-state index in [9.17, 15) is 4.79 Å². The Hall–Kier alpha value is -3.49. The monoisotopic (exact) mass is 390 g/mol. The lowest BCUT2D eigenvalue weighted by molar-refractivity contribution is -0.123. The van der Waals surface area contributed by atoms with Gasteiger partial charge in [-0.3, -0.25) is 9.20 Å². The highest BCUT2D eigenvalue weighted by Gasteiger charge is 2.41. The van der Waals surface area contributed by atoms with Gasteiger partial charge < -0.3 is 15.6 Å². The lowest BCUT2D eigenvalue weighted by Gasteiger charge is -2.45. The average Bonchev–Trinajstić information content (AvgIpc) is 3.32. The molecule has 4 heterocycles. The Bertz CT molecular complexity index is 1200. The smallest absolute Gasteiger partial charge is 0.233 e. The molecule has 9 heteroatoms. The minimum Gasteiger partial charge on any atom is -0.351 e. The fraction of sp³-hybridized carbons (Fsp3) is 0.350. The van der Waals surface area contributed by atoms with Crippen LogP contribution in [0.3, 0.4) is 0 Å². The van der Waals surface area contributed by atoms with Gasteiger partial charge in [-0.05, 0) is 19.8 Å². The summed E-state index contributed by atoms with van der Waals surface area (Å²) in [5.74, 6) is 1.34. The van der Waals surface area contributed by atoms with Crippen LogP contribution in [0.1, 0.15) is 33.1 Å². The first-order valence-electron chi connectivity index (χ1n) is 9.74. The van der Waals surface area contributed by atoms with Crippen LogP contribution in [0, 0.1) is 0 Å². The molecule has 4 aromatic rings. The average molecular weight is 390 g/mol. The van der Waals surface area contributed by atoms with Gasteiger partial charge in [0.15, 0.2) is 0 Å². The Morgan fingerprint density at radius 1 is 1.31 bits per heavy atom. The van der Waals surface area contributed by atoms with E-state index in [2.05, 4.69) is 42.5 Å². The Labute approximate surface area is 167 Å². The molecular weight excluding hydrogens is 368 g/mol. The minimum atomic E-state index is -0.145. The quantitative estimate of drug-likeness (QED) is 0.483. The number of imidazole rings is 1. The number of hydrogen-bond donors (Lipinski definition) is 3. The maximum absolute atomic E-state index is 11.6. The Morgan fingerprint density at radius 2 is 2.17 bits per heavy atom. The van der Waals surface area contributed by atoms with Gasteiger partial charge in [-0.1, -0.05) is 6.92 Å². The van der Waals surface area contributed by atoms with Crippen LogP contribution in [0.5, 0.6) is 0 Å². The molecule has 1 saturated carbocycles. The highest BCUT2D eigenvalue weighted by atomic mass is 16.1. The van der Waals surface area contributed by atoms with E-state index in [1.165, 1.54) is 0 Å². The van der Waals surface area contributed by atoms with Crippen molar-refractivity contribution < 1.29 is 4.79 Å². The predicted molar refractivity (Wildman–Crippen MR) is 109 cm³/mol. The summed E-state index contributed by atoms with van der Waals surface area (Å²) in [6, 6.07) is 0.247. The van der Waals surface area contributed by atoms with Crippen molar-refractivity contribution in [3.05, 3.63) is 37.2 Å². The molecule has 0 aromatic carbocycles. The molecule has 9 nitrogen and oxygen atoms in total. The second kappa shape index (κ2) is 6.54. The van der Waals surface area contributed by atoms with Crippen LogP contribution in [0.4, 0.5) is 5.95 Å². The third-order valence-corrected chi connectivity index (χ3v) is 5.48. The van der Waals surface area contributed by atoms with Crippen LogP contribution in [-0.2, 0) is 4.79 Å². The van der Waals surface area contributed by atoms with Crippen molar-refractivity contribution >= 4 is 28.7 Å². The summed E-state index contributed by atoms with van der Waals surface area (Å²) in [5, 5.41) is 7.39. The zero-order valence-corrected chi connectivity index (χ0v) is 16.3. The normalized spacial score (nSPS) is 21.2. The minimum absolute atomic E-state index is 0.0888. The summed E-state index contributed by atoms with van der Waals surface area (Å²) in [5.41, 5.74) is 2.58. The van der Waals surface area contributed by atoms with Gasteiger partial charge in [0.05, 0.1) is 0 Å². The molecule has 148 valence electrons. The Morgan fingerprint density at radius 3 is 3.00 bits per heavy atom. The predicted octanol–water partition coefficient (Wildman–Crippen LogP) is 2.53. The highest BCUT2D eigenvalue weighted by Crippen LogP contribution is 2.34. The van der Waals surface area contributed by atoms with Crippen molar-refractivity contribution in [1.82, 2.24) is 34.6 Å². The number of nitrogens with zero attached hydrogens (tertiary/aromatic N) is 5. The van der Waals surface area contributed by atoms with Crippen molar-refractivity contribution in [2.75, 3.05) is 5.32 Å². The molecule has 1 fully saturated rings. The van der Waals surface area contributed by atoms with Crippen LogP contribution in [-0.4, -0.2) is 46.8 Å². The molecule has 0 radical (unpaired) electrons. The lowest BCUT2D eigenvalue weighted by Crippen LogP contribution is -2.59. The molecule has 5 rings (SSSR count). The number of hydrogen-bond acceptors (Lipinski definition) is 6. The largest absolute Gasteiger partial charge is 0.351 e. The van der Waals surface area contributed by atoms with Gasteiger partial charge in [0, 0.05) is 71.7 Å². The van der Waals surface area contributed by atoms with Gasteiger partial charge in [-0.25, -0.2) is 15.0 Å². The summed E-state index contributed by atoms with van der Waals surface area (Å²) in [6.07, 6.45) is 13.3. The molecule has 4 aromatic heterocycles. The number of amides is 1. The van der Waals surface area contributed by atoms with Gasteiger partial charge in [0.25, 0.3) is 0 Å². The van der Waals surface area contributed by atoms with Crippen molar-refractivity contribution in [2.45, 2.75) is 44.7 Å². The summed E-state index contributed by atoms with van der Waals surface area (Å²) in [7, 11) is 0. The molecule has 0 saturated heterocycles. The zero-order chi connectivity index (χ0) is 20.0. The summed E-state index contributed by atoms with van der Waals surface area (Å²) >= 11 is 0. The van der Waals surface area contributed by atoms with Crippen LogP contribution < -0.4 is 10.6 Å². The first-order chi connectivity index (χ1) is 14.0. The topological polar surface area (TPSA) is 113 Å². The first-order valence-corrected chi connectivity index (χ1v) is 9.74. The maximum Gasteiger partial charge on any atom is 0.233 e.